The fourth-order valence-electron chi connectivity index (χ4n) is 2.31. The number of fused-ring (bicyclic) bond motifs is 1. The molecule has 0 spiro atoms. The Kier molecular flexibility index (Phi) is 4.55. The lowest BCUT2D eigenvalue weighted by molar-refractivity contribution is -0.116. The van der Waals surface area contributed by atoms with E-state index in [0.717, 1.165) is 18.7 Å². The summed E-state index contributed by atoms with van der Waals surface area (Å²) >= 11 is 12.1. The van der Waals surface area contributed by atoms with Crippen LogP contribution in [0.2, 0.25) is 0 Å². The number of rotatable bonds is 2. The van der Waals surface area contributed by atoms with Gasteiger partial charge in [0.05, 0.1) is 12.4 Å². The fraction of sp³-hybridized carbons (Fsp3) is 0.214. The first kappa shape index (κ1) is 15.6. The number of aryl methyl sites for hydroxylation is 1. The number of benzene rings is 1. The molecule has 1 aliphatic heterocycles. The van der Waals surface area contributed by atoms with Gasteiger partial charge in [-0.15, -0.1) is 11.3 Å². The van der Waals surface area contributed by atoms with Crippen molar-refractivity contribution in [3.05, 3.63) is 48.3 Å². The molecule has 0 saturated carbocycles. The minimum atomic E-state index is -0.327. The van der Waals surface area contributed by atoms with Crippen LogP contribution in [0.4, 0.5) is 10.1 Å². The van der Waals surface area contributed by atoms with E-state index >= 15 is 0 Å². The molecule has 21 heavy (non-hydrogen) atoms. The molecule has 1 unspecified atom stereocenters. The van der Waals surface area contributed by atoms with Crippen LogP contribution in [-0.4, -0.2) is 5.91 Å². The van der Waals surface area contributed by atoms with Crippen molar-refractivity contribution < 1.29 is 9.18 Å². The first-order valence-corrected chi connectivity index (χ1v) is 9.48. The highest BCUT2D eigenvalue weighted by atomic mass is 79.9. The molecule has 1 aromatic heterocycles. The first-order valence-electron chi connectivity index (χ1n) is 6.16. The number of carbonyl (C=O) groups is 1. The van der Waals surface area contributed by atoms with Crippen LogP contribution in [0.1, 0.15) is 27.9 Å². The number of nitrogens with one attached hydrogen (secondary N) is 1. The Morgan fingerprint density at radius 3 is 2.62 bits per heavy atom. The van der Waals surface area contributed by atoms with Gasteiger partial charge in [0.2, 0.25) is 5.91 Å². The first-order chi connectivity index (χ1) is 9.95. The van der Waals surface area contributed by atoms with Gasteiger partial charge in [0, 0.05) is 17.7 Å². The minimum Gasteiger partial charge on any atom is -0.326 e. The van der Waals surface area contributed by atoms with Crippen molar-refractivity contribution in [1.82, 2.24) is 0 Å². The molecule has 0 fully saturated rings. The van der Waals surface area contributed by atoms with Gasteiger partial charge in [0.25, 0.3) is 0 Å². The molecule has 1 aromatic carbocycles. The number of carbonyl (C=O) groups excluding carboxylic acids is 1. The van der Waals surface area contributed by atoms with Gasteiger partial charge in [-0.25, -0.2) is 4.39 Å². The van der Waals surface area contributed by atoms with Crippen molar-refractivity contribution in [3.63, 3.8) is 0 Å². The summed E-state index contributed by atoms with van der Waals surface area (Å²) in [5, 5.41) is 2.71. The van der Waals surface area contributed by atoms with Crippen molar-refractivity contribution in [2.75, 3.05) is 5.32 Å². The van der Waals surface area contributed by atoms with E-state index < -0.39 is 0 Å². The topological polar surface area (TPSA) is 29.1 Å². The molecule has 2 aromatic rings. The molecule has 0 radical (unpaired) electrons. The Balaban J connectivity index is 2.03. The number of amides is 1. The maximum absolute atomic E-state index is 14.4. The highest BCUT2D eigenvalue weighted by Crippen LogP contribution is 2.43. The van der Waals surface area contributed by atoms with Crippen molar-refractivity contribution in [1.29, 1.82) is 0 Å². The summed E-state index contributed by atoms with van der Waals surface area (Å²) in [4.78, 5) is 11.1. The van der Waals surface area contributed by atoms with Gasteiger partial charge < -0.3 is 5.32 Å². The van der Waals surface area contributed by atoms with Gasteiger partial charge in [-0.2, -0.15) is 0 Å². The Hall–Kier alpha value is -0.240. The van der Waals surface area contributed by atoms with Gasteiger partial charge in [-0.05, 0) is 67.6 Å². The average molecular weight is 498 g/mol. The van der Waals surface area contributed by atoms with E-state index in [4.69, 9.17) is 0 Å². The summed E-state index contributed by atoms with van der Waals surface area (Å²) in [7, 11) is 0. The minimum absolute atomic E-state index is 0.0606. The molecule has 1 aliphatic rings. The molecule has 0 saturated heterocycles. The van der Waals surface area contributed by atoms with Crippen LogP contribution in [0.5, 0.6) is 0 Å². The van der Waals surface area contributed by atoms with Crippen molar-refractivity contribution >= 4 is 70.7 Å². The highest BCUT2D eigenvalue weighted by molar-refractivity contribution is 9.12. The molecule has 1 atom stereocenters. The monoisotopic (exact) mass is 495 g/mol. The molecule has 110 valence electrons. The zero-order chi connectivity index (χ0) is 15.1. The van der Waals surface area contributed by atoms with Crippen LogP contribution in [0.25, 0.3) is 0 Å². The van der Waals surface area contributed by atoms with E-state index in [2.05, 4.69) is 53.1 Å². The van der Waals surface area contributed by atoms with Crippen LogP contribution in [0, 0.1) is 5.82 Å². The van der Waals surface area contributed by atoms with Gasteiger partial charge in [0.1, 0.15) is 5.82 Å². The van der Waals surface area contributed by atoms with E-state index in [0.29, 0.717) is 24.1 Å². The van der Waals surface area contributed by atoms with Gasteiger partial charge in [0.15, 0.2) is 0 Å². The molecule has 2 nitrogen and oxygen atoms in total. The summed E-state index contributed by atoms with van der Waals surface area (Å²) in [5.41, 5.74) is 3.11. The molecular weight excluding hydrogens is 489 g/mol. The zero-order valence-corrected chi connectivity index (χ0v) is 16.1. The van der Waals surface area contributed by atoms with Crippen molar-refractivity contribution in [2.45, 2.75) is 17.7 Å². The second-order valence-electron chi connectivity index (χ2n) is 4.72. The second kappa shape index (κ2) is 6.10. The Morgan fingerprint density at radius 2 is 1.95 bits per heavy atom. The van der Waals surface area contributed by atoms with E-state index in [1.54, 1.807) is 11.3 Å². The van der Waals surface area contributed by atoms with Crippen LogP contribution >= 0.6 is 59.1 Å². The van der Waals surface area contributed by atoms with Crippen LogP contribution in [0.3, 0.4) is 0 Å². The third-order valence-corrected chi connectivity index (χ3v) is 6.72. The van der Waals surface area contributed by atoms with E-state index in [1.807, 2.05) is 12.1 Å². The molecule has 0 aliphatic carbocycles. The molecule has 1 N–H and O–H groups in total. The molecule has 3 rings (SSSR count). The third kappa shape index (κ3) is 3.11. The Labute approximate surface area is 150 Å². The van der Waals surface area contributed by atoms with Gasteiger partial charge in [-0.3, -0.25) is 4.79 Å². The smallest absolute Gasteiger partial charge is 0.224 e. The number of halogens is 4. The van der Waals surface area contributed by atoms with Crippen LogP contribution in [0.15, 0.2) is 25.8 Å². The largest absolute Gasteiger partial charge is 0.326 e. The standard InChI is InChI=1S/C14H9Br3FNOS/c15-11-4-8(14(17)21-11)13(16)7-3-6-1-2-12(20)19-10(6)5-9(7)18/h3-5,13H,1-2H2,(H,19,20). The maximum Gasteiger partial charge on any atom is 0.224 e. The number of thiophene rings is 1. The second-order valence-corrected chi connectivity index (χ2v) is 9.39. The summed E-state index contributed by atoms with van der Waals surface area (Å²) in [6.45, 7) is 0. The van der Waals surface area contributed by atoms with Crippen LogP contribution < -0.4 is 5.32 Å². The normalized spacial score (nSPS) is 15.5. The summed E-state index contributed by atoms with van der Waals surface area (Å²) < 4.78 is 16.3. The lowest BCUT2D eigenvalue weighted by atomic mass is 9.97. The Bertz CT molecular complexity index is 731. The number of hydrogen-bond acceptors (Lipinski definition) is 2. The lowest BCUT2D eigenvalue weighted by Crippen LogP contribution is -2.19. The molecule has 7 heteroatoms. The van der Waals surface area contributed by atoms with Gasteiger partial charge >= 0.3 is 0 Å². The lowest BCUT2D eigenvalue weighted by Gasteiger charge is -2.20. The predicted molar refractivity (Wildman–Crippen MR) is 93.8 cm³/mol. The van der Waals surface area contributed by atoms with E-state index in [-0.39, 0.29) is 16.6 Å². The van der Waals surface area contributed by atoms with E-state index in [9.17, 15) is 9.18 Å². The van der Waals surface area contributed by atoms with Crippen molar-refractivity contribution in [3.8, 4) is 0 Å². The molecule has 0 bridgehead atoms. The number of alkyl halides is 1. The molecule has 2 heterocycles. The third-order valence-electron chi connectivity index (χ3n) is 3.35. The number of anilines is 1. The van der Waals surface area contributed by atoms with Crippen molar-refractivity contribution in [2.24, 2.45) is 0 Å². The average Bonchev–Trinajstić information content (AvgIpc) is 2.76. The zero-order valence-electron chi connectivity index (χ0n) is 10.6. The molecular formula is C14H9Br3FNOS. The SMILES string of the molecule is O=C1CCc2cc(C(Br)c3cc(Br)sc3Br)c(F)cc2N1. The van der Waals surface area contributed by atoms with Crippen LogP contribution in [-0.2, 0) is 11.2 Å². The van der Waals surface area contributed by atoms with E-state index in [1.165, 1.54) is 6.07 Å². The maximum atomic E-state index is 14.4. The Morgan fingerprint density at radius 1 is 1.19 bits per heavy atom. The number of hydrogen-bond donors (Lipinski definition) is 1. The molecule has 1 amide bonds. The quantitative estimate of drug-likeness (QED) is 0.523. The summed E-state index contributed by atoms with van der Waals surface area (Å²) in [5.74, 6) is -0.387. The highest BCUT2D eigenvalue weighted by Gasteiger charge is 2.23. The summed E-state index contributed by atoms with van der Waals surface area (Å²) in [6.07, 6.45) is 1.08. The fourth-order valence-corrected chi connectivity index (χ4v) is 6.38. The van der Waals surface area contributed by atoms with Gasteiger partial charge in [-0.1, -0.05) is 15.9 Å². The predicted octanol–water partition coefficient (Wildman–Crippen LogP) is 5.78. The summed E-state index contributed by atoms with van der Waals surface area (Å²) in [6, 6.07) is 5.21.